The number of anilines is 1. The fourth-order valence-corrected chi connectivity index (χ4v) is 3.60. The van der Waals surface area contributed by atoms with Crippen molar-refractivity contribution in [1.29, 1.82) is 0 Å². The van der Waals surface area contributed by atoms with Crippen molar-refractivity contribution >= 4 is 17.3 Å². The molecule has 28 heavy (non-hydrogen) atoms. The highest BCUT2D eigenvalue weighted by Crippen LogP contribution is 2.33. The number of aromatic nitrogens is 1. The Morgan fingerprint density at radius 1 is 1.04 bits per heavy atom. The van der Waals surface area contributed by atoms with Gasteiger partial charge >= 0.3 is 0 Å². The molecule has 0 saturated carbocycles. The fourth-order valence-electron chi connectivity index (χ4n) is 3.60. The summed E-state index contributed by atoms with van der Waals surface area (Å²) in [5.41, 5.74) is 4.86. The number of benzene rings is 2. The summed E-state index contributed by atoms with van der Waals surface area (Å²) < 4.78 is 0. The summed E-state index contributed by atoms with van der Waals surface area (Å²) in [6, 6.07) is 20.1. The van der Waals surface area contributed by atoms with Crippen LogP contribution in [0.25, 0.3) is 11.1 Å². The molecule has 5 nitrogen and oxygen atoms in total. The number of carbonyl (C=O) groups is 1. The van der Waals surface area contributed by atoms with Gasteiger partial charge in [-0.2, -0.15) is 0 Å². The van der Waals surface area contributed by atoms with E-state index in [0.29, 0.717) is 5.56 Å². The van der Waals surface area contributed by atoms with Crippen LogP contribution in [-0.2, 0) is 0 Å². The molecule has 1 N–H and O–H groups in total. The maximum Gasteiger partial charge on any atom is 0.191 e. The van der Waals surface area contributed by atoms with Crippen LogP contribution in [0.4, 0.5) is 5.69 Å². The highest BCUT2D eigenvalue weighted by atomic mass is 16.1. The molecule has 0 amide bonds. The van der Waals surface area contributed by atoms with E-state index in [0.717, 1.165) is 47.1 Å². The number of allylic oxidation sites excluding steroid dienone is 1. The third kappa shape index (κ3) is 2.87. The lowest BCUT2D eigenvalue weighted by atomic mass is 10.00. The van der Waals surface area contributed by atoms with Gasteiger partial charge in [0.05, 0.1) is 12.2 Å². The molecule has 0 saturated heterocycles. The van der Waals surface area contributed by atoms with E-state index in [1.165, 1.54) is 0 Å². The van der Waals surface area contributed by atoms with Crippen LogP contribution in [0.2, 0.25) is 0 Å². The monoisotopic (exact) mass is 366 g/mol. The summed E-state index contributed by atoms with van der Waals surface area (Å²) in [4.78, 5) is 23.5. The highest BCUT2D eigenvalue weighted by Gasteiger charge is 2.30. The number of hydrogen-bond acceptors (Lipinski definition) is 5. The van der Waals surface area contributed by atoms with Crippen LogP contribution in [-0.4, -0.2) is 34.6 Å². The Bertz CT molecular complexity index is 1100. The summed E-state index contributed by atoms with van der Waals surface area (Å²) in [6.07, 6.45) is 4.88. The highest BCUT2D eigenvalue weighted by molar-refractivity contribution is 6.10. The van der Waals surface area contributed by atoms with Crippen molar-refractivity contribution in [3.8, 4) is 11.1 Å². The van der Waals surface area contributed by atoms with Crippen molar-refractivity contribution in [1.82, 2.24) is 9.88 Å². The zero-order valence-corrected chi connectivity index (χ0v) is 15.2. The SMILES string of the molecule is O=C(C=C1Nc2cc(-c3ccccc3)ccc2C2=NCCN12)c1cccnc1. The van der Waals surface area contributed by atoms with Gasteiger partial charge in [-0.3, -0.25) is 14.8 Å². The fraction of sp³-hybridized carbons (Fsp3) is 0.0870. The minimum atomic E-state index is -0.0792. The summed E-state index contributed by atoms with van der Waals surface area (Å²) in [5.74, 6) is 1.59. The molecule has 5 heteroatoms. The van der Waals surface area contributed by atoms with E-state index in [1.54, 1.807) is 30.6 Å². The van der Waals surface area contributed by atoms with Crippen LogP contribution in [0, 0.1) is 0 Å². The van der Waals surface area contributed by atoms with E-state index in [1.807, 2.05) is 18.2 Å². The molecule has 136 valence electrons. The van der Waals surface area contributed by atoms with E-state index in [9.17, 15) is 4.79 Å². The van der Waals surface area contributed by atoms with E-state index in [-0.39, 0.29) is 5.78 Å². The molecule has 2 aliphatic heterocycles. The smallest absolute Gasteiger partial charge is 0.191 e. The van der Waals surface area contributed by atoms with Gasteiger partial charge in [0, 0.05) is 36.1 Å². The zero-order chi connectivity index (χ0) is 18.9. The van der Waals surface area contributed by atoms with Crippen molar-refractivity contribution in [3.63, 3.8) is 0 Å². The van der Waals surface area contributed by atoms with Crippen molar-refractivity contribution in [2.45, 2.75) is 0 Å². The second-order valence-corrected chi connectivity index (χ2v) is 6.74. The van der Waals surface area contributed by atoms with Crippen LogP contribution in [0.1, 0.15) is 15.9 Å². The van der Waals surface area contributed by atoms with E-state index in [4.69, 9.17) is 0 Å². The largest absolute Gasteiger partial charge is 0.341 e. The normalized spacial score (nSPS) is 16.2. The van der Waals surface area contributed by atoms with Crippen LogP contribution >= 0.6 is 0 Å². The molecule has 0 radical (unpaired) electrons. The zero-order valence-electron chi connectivity index (χ0n) is 15.2. The molecule has 1 aromatic heterocycles. The van der Waals surface area contributed by atoms with Gasteiger partial charge in [-0.1, -0.05) is 36.4 Å². The van der Waals surface area contributed by atoms with E-state index >= 15 is 0 Å². The molecule has 2 aromatic carbocycles. The van der Waals surface area contributed by atoms with Gasteiger partial charge < -0.3 is 10.2 Å². The molecule has 0 atom stereocenters. The Morgan fingerprint density at radius 3 is 2.75 bits per heavy atom. The first-order valence-electron chi connectivity index (χ1n) is 9.24. The second kappa shape index (κ2) is 6.78. The molecule has 0 bridgehead atoms. The predicted molar refractivity (Wildman–Crippen MR) is 110 cm³/mol. The van der Waals surface area contributed by atoms with Crippen LogP contribution in [0.5, 0.6) is 0 Å². The molecular formula is C23H18N4O. The molecule has 5 rings (SSSR count). The first kappa shape index (κ1) is 16.4. The maximum absolute atomic E-state index is 12.7. The Kier molecular flexibility index (Phi) is 3.98. The maximum atomic E-state index is 12.7. The first-order chi connectivity index (χ1) is 13.8. The Labute approximate surface area is 163 Å². The molecular weight excluding hydrogens is 348 g/mol. The number of ketones is 1. The summed E-state index contributed by atoms with van der Waals surface area (Å²) in [5, 5.41) is 3.44. The third-order valence-corrected chi connectivity index (χ3v) is 4.98. The predicted octanol–water partition coefficient (Wildman–Crippen LogP) is 3.96. The molecule has 0 spiro atoms. The molecule has 3 aromatic rings. The topological polar surface area (TPSA) is 57.6 Å². The quantitative estimate of drug-likeness (QED) is 0.563. The van der Waals surface area contributed by atoms with Gasteiger partial charge in [0.2, 0.25) is 0 Å². The Morgan fingerprint density at radius 2 is 1.93 bits per heavy atom. The summed E-state index contributed by atoms with van der Waals surface area (Å²) in [7, 11) is 0. The van der Waals surface area contributed by atoms with Crippen LogP contribution < -0.4 is 5.32 Å². The van der Waals surface area contributed by atoms with Gasteiger partial charge in [0.1, 0.15) is 11.7 Å². The van der Waals surface area contributed by atoms with E-state index in [2.05, 4.69) is 50.5 Å². The van der Waals surface area contributed by atoms with Crippen molar-refractivity contribution in [2.24, 2.45) is 4.99 Å². The lowest BCUT2D eigenvalue weighted by Gasteiger charge is -2.31. The number of fused-ring (bicyclic) bond motifs is 3. The van der Waals surface area contributed by atoms with Gasteiger partial charge in [-0.25, -0.2) is 0 Å². The van der Waals surface area contributed by atoms with Crippen molar-refractivity contribution in [2.75, 3.05) is 18.4 Å². The number of aliphatic imine (C=N–C) groups is 1. The number of hydrogen-bond donors (Lipinski definition) is 1. The number of nitrogens with one attached hydrogen (secondary N) is 1. The average Bonchev–Trinajstić information content (AvgIpc) is 3.25. The van der Waals surface area contributed by atoms with Crippen molar-refractivity contribution in [3.05, 3.63) is 96.1 Å². The van der Waals surface area contributed by atoms with Gasteiger partial charge in [0.15, 0.2) is 5.78 Å². The number of nitrogens with zero attached hydrogens (tertiary/aromatic N) is 3. The molecule has 0 aliphatic carbocycles. The minimum Gasteiger partial charge on any atom is -0.341 e. The van der Waals surface area contributed by atoms with Gasteiger partial charge in [-0.15, -0.1) is 0 Å². The third-order valence-electron chi connectivity index (χ3n) is 4.98. The molecule has 0 fully saturated rings. The van der Waals surface area contributed by atoms with Crippen molar-refractivity contribution < 1.29 is 4.79 Å². The minimum absolute atomic E-state index is 0.0792. The number of pyridine rings is 1. The first-order valence-corrected chi connectivity index (χ1v) is 9.24. The van der Waals surface area contributed by atoms with Gasteiger partial charge in [0.25, 0.3) is 0 Å². The standard InChI is InChI=1S/C23H18N4O/c28-21(18-7-4-10-24-15-18)14-22-26-20-13-17(16-5-2-1-3-6-16)8-9-19(20)23-25-11-12-27(22)23/h1-10,13-15,26H,11-12H2. The molecule has 2 aliphatic rings. The number of rotatable bonds is 3. The lowest BCUT2D eigenvalue weighted by Crippen LogP contribution is -2.36. The summed E-state index contributed by atoms with van der Waals surface area (Å²) >= 11 is 0. The second-order valence-electron chi connectivity index (χ2n) is 6.74. The van der Waals surface area contributed by atoms with E-state index < -0.39 is 0 Å². The molecule has 0 unspecified atom stereocenters. The average molecular weight is 366 g/mol. The summed E-state index contributed by atoms with van der Waals surface area (Å²) in [6.45, 7) is 1.48. The van der Waals surface area contributed by atoms with Gasteiger partial charge in [-0.05, 0) is 35.4 Å². The Hall–Kier alpha value is -3.73. The molecule has 3 heterocycles. The van der Waals surface area contributed by atoms with Crippen LogP contribution in [0.15, 0.2) is 89.9 Å². The Balaban J connectivity index is 1.55. The number of carbonyl (C=O) groups excluding carboxylic acids is 1. The van der Waals surface area contributed by atoms with Crippen LogP contribution in [0.3, 0.4) is 0 Å². The number of amidine groups is 1. The lowest BCUT2D eigenvalue weighted by molar-refractivity contribution is 0.104.